The van der Waals surface area contributed by atoms with Crippen molar-refractivity contribution in [2.24, 2.45) is 5.92 Å². The van der Waals surface area contributed by atoms with E-state index in [-0.39, 0.29) is 5.92 Å². The first-order chi connectivity index (χ1) is 8.86. The summed E-state index contributed by atoms with van der Waals surface area (Å²) in [6.45, 7) is 2.55. The second-order valence-electron chi connectivity index (χ2n) is 5.28. The Labute approximate surface area is 108 Å². The highest BCUT2D eigenvalue weighted by atomic mass is 16.2. The van der Waals surface area contributed by atoms with Gasteiger partial charge in [0, 0.05) is 31.2 Å². The second kappa shape index (κ2) is 5.11. The predicted molar refractivity (Wildman–Crippen MR) is 72.5 cm³/mol. The van der Waals surface area contributed by atoms with Gasteiger partial charge in [-0.1, -0.05) is 31.0 Å². The van der Waals surface area contributed by atoms with E-state index in [9.17, 15) is 4.79 Å². The molecule has 1 fully saturated rings. The molecule has 1 aliphatic heterocycles. The van der Waals surface area contributed by atoms with Gasteiger partial charge in [0.2, 0.25) is 5.91 Å². The van der Waals surface area contributed by atoms with Gasteiger partial charge in [-0.3, -0.25) is 4.79 Å². The first kappa shape index (κ1) is 11.7. The van der Waals surface area contributed by atoms with Crippen LogP contribution in [0.3, 0.4) is 0 Å². The minimum Gasteiger partial charge on any atom is -0.311 e. The van der Waals surface area contributed by atoms with Crippen LogP contribution in [0.25, 0.3) is 0 Å². The van der Waals surface area contributed by atoms with Crippen LogP contribution in [-0.4, -0.2) is 19.0 Å². The first-order valence-electron chi connectivity index (χ1n) is 6.96. The summed E-state index contributed by atoms with van der Waals surface area (Å²) in [4.78, 5) is 14.6. The first-order valence-corrected chi connectivity index (χ1v) is 6.96. The van der Waals surface area contributed by atoms with Gasteiger partial charge in [0.25, 0.3) is 0 Å². The van der Waals surface area contributed by atoms with E-state index < -0.39 is 0 Å². The lowest BCUT2D eigenvalue weighted by Crippen LogP contribution is -2.38. The van der Waals surface area contributed by atoms with Crippen molar-refractivity contribution in [2.75, 3.05) is 18.0 Å². The molecule has 0 bridgehead atoms. The summed E-state index contributed by atoms with van der Waals surface area (Å²) < 4.78 is 0. The number of amides is 1. The van der Waals surface area contributed by atoms with Gasteiger partial charge in [0.1, 0.15) is 0 Å². The van der Waals surface area contributed by atoms with Crippen LogP contribution in [0.15, 0.2) is 24.3 Å². The third-order valence-corrected chi connectivity index (χ3v) is 4.08. The van der Waals surface area contributed by atoms with E-state index in [2.05, 4.69) is 17.4 Å². The van der Waals surface area contributed by atoms with Crippen LogP contribution < -0.4 is 10.2 Å². The number of para-hydroxylation sites is 1. The number of hydrogen-bond donors (Lipinski definition) is 1. The molecule has 0 atom stereocenters. The molecule has 1 heterocycles. The highest BCUT2D eigenvalue weighted by Crippen LogP contribution is 2.30. The molecular formula is C15H20N2O. The van der Waals surface area contributed by atoms with Crippen molar-refractivity contribution in [2.45, 2.75) is 32.2 Å². The Bertz CT molecular complexity index is 438. The van der Waals surface area contributed by atoms with E-state index >= 15 is 0 Å². The number of rotatable bonds is 1. The van der Waals surface area contributed by atoms with Crippen LogP contribution in [0.5, 0.6) is 0 Å². The Morgan fingerprint density at radius 3 is 2.83 bits per heavy atom. The van der Waals surface area contributed by atoms with Gasteiger partial charge in [-0.15, -0.1) is 0 Å². The van der Waals surface area contributed by atoms with Crippen LogP contribution in [0.2, 0.25) is 0 Å². The number of hydrogen-bond acceptors (Lipinski definition) is 2. The molecule has 1 N–H and O–H groups in total. The lowest BCUT2D eigenvalue weighted by molar-refractivity contribution is -0.122. The van der Waals surface area contributed by atoms with Crippen LogP contribution in [-0.2, 0) is 11.3 Å². The topological polar surface area (TPSA) is 32.3 Å². The third kappa shape index (κ3) is 2.15. The van der Waals surface area contributed by atoms with Crippen molar-refractivity contribution < 1.29 is 4.79 Å². The van der Waals surface area contributed by atoms with E-state index in [1.165, 1.54) is 18.4 Å². The van der Waals surface area contributed by atoms with Crippen LogP contribution in [0.4, 0.5) is 5.69 Å². The minimum atomic E-state index is 0.260. The van der Waals surface area contributed by atoms with Crippen LogP contribution in [0.1, 0.15) is 31.2 Å². The van der Waals surface area contributed by atoms with E-state index in [0.717, 1.165) is 38.2 Å². The van der Waals surface area contributed by atoms with E-state index in [0.29, 0.717) is 5.91 Å². The lowest BCUT2D eigenvalue weighted by atomic mass is 10.1. The van der Waals surface area contributed by atoms with Gasteiger partial charge in [-0.2, -0.15) is 0 Å². The van der Waals surface area contributed by atoms with Crippen molar-refractivity contribution in [3.63, 3.8) is 0 Å². The van der Waals surface area contributed by atoms with Crippen molar-refractivity contribution in [3.05, 3.63) is 29.8 Å². The molecule has 0 unspecified atom stereocenters. The van der Waals surface area contributed by atoms with Gasteiger partial charge in [-0.05, 0) is 24.5 Å². The fourth-order valence-electron chi connectivity index (χ4n) is 3.08. The number of benzene rings is 1. The van der Waals surface area contributed by atoms with Gasteiger partial charge >= 0.3 is 0 Å². The monoisotopic (exact) mass is 244 g/mol. The molecule has 2 aliphatic rings. The molecule has 1 aromatic carbocycles. The molecule has 0 saturated heterocycles. The Hall–Kier alpha value is -1.35. The van der Waals surface area contributed by atoms with E-state index in [1.54, 1.807) is 0 Å². The number of carbonyl (C=O) groups is 1. The highest BCUT2D eigenvalue weighted by molar-refractivity contribution is 5.96. The molecule has 1 aliphatic carbocycles. The predicted octanol–water partition coefficient (Wildman–Crippen LogP) is 2.31. The second-order valence-corrected chi connectivity index (χ2v) is 5.28. The Morgan fingerprint density at radius 1 is 1.22 bits per heavy atom. The fraction of sp³-hybridized carbons (Fsp3) is 0.533. The molecule has 1 aromatic rings. The van der Waals surface area contributed by atoms with Crippen molar-refractivity contribution in [1.29, 1.82) is 0 Å². The Morgan fingerprint density at radius 2 is 2.00 bits per heavy atom. The zero-order valence-electron chi connectivity index (χ0n) is 10.7. The van der Waals surface area contributed by atoms with Gasteiger partial charge in [-0.25, -0.2) is 0 Å². The molecule has 0 spiro atoms. The molecule has 3 rings (SSSR count). The summed E-state index contributed by atoms with van der Waals surface area (Å²) in [7, 11) is 0. The maximum atomic E-state index is 12.6. The minimum absolute atomic E-state index is 0.260. The molecular weight excluding hydrogens is 224 g/mol. The summed E-state index contributed by atoms with van der Waals surface area (Å²) >= 11 is 0. The van der Waals surface area contributed by atoms with Gasteiger partial charge < -0.3 is 10.2 Å². The Balaban J connectivity index is 1.88. The molecule has 1 saturated carbocycles. The summed E-state index contributed by atoms with van der Waals surface area (Å²) in [6.07, 6.45) is 4.57. The number of fused-ring (bicyclic) bond motifs is 1. The van der Waals surface area contributed by atoms with Crippen molar-refractivity contribution >= 4 is 11.6 Å². The molecule has 18 heavy (non-hydrogen) atoms. The highest BCUT2D eigenvalue weighted by Gasteiger charge is 2.29. The molecule has 96 valence electrons. The molecule has 0 radical (unpaired) electrons. The Kier molecular flexibility index (Phi) is 3.33. The fourth-order valence-corrected chi connectivity index (χ4v) is 3.08. The summed E-state index contributed by atoms with van der Waals surface area (Å²) in [5.41, 5.74) is 2.35. The summed E-state index contributed by atoms with van der Waals surface area (Å²) in [5.74, 6) is 0.597. The van der Waals surface area contributed by atoms with E-state index in [1.807, 2.05) is 17.0 Å². The van der Waals surface area contributed by atoms with Crippen molar-refractivity contribution in [3.8, 4) is 0 Å². The SMILES string of the molecule is O=C(C1CCCC1)N1CCNCc2ccccc21. The van der Waals surface area contributed by atoms with Crippen LogP contribution >= 0.6 is 0 Å². The average Bonchev–Trinajstić information content (AvgIpc) is 2.85. The summed E-state index contributed by atoms with van der Waals surface area (Å²) in [5, 5.41) is 3.38. The summed E-state index contributed by atoms with van der Waals surface area (Å²) in [6, 6.07) is 8.26. The zero-order chi connectivity index (χ0) is 12.4. The number of nitrogens with zero attached hydrogens (tertiary/aromatic N) is 1. The maximum Gasteiger partial charge on any atom is 0.230 e. The smallest absolute Gasteiger partial charge is 0.230 e. The molecule has 3 heteroatoms. The quantitative estimate of drug-likeness (QED) is 0.822. The molecule has 0 aromatic heterocycles. The number of nitrogens with one attached hydrogen (secondary N) is 1. The molecule has 1 amide bonds. The zero-order valence-corrected chi connectivity index (χ0v) is 10.7. The maximum absolute atomic E-state index is 12.6. The number of anilines is 1. The average molecular weight is 244 g/mol. The standard InChI is InChI=1S/C15H20N2O/c18-15(12-5-1-2-6-12)17-10-9-16-11-13-7-3-4-8-14(13)17/h3-4,7-8,12,16H,1-2,5-6,9-11H2. The third-order valence-electron chi connectivity index (χ3n) is 4.08. The van der Waals surface area contributed by atoms with Gasteiger partial charge in [0.15, 0.2) is 0 Å². The molecule has 3 nitrogen and oxygen atoms in total. The van der Waals surface area contributed by atoms with Crippen LogP contribution in [0, 0.1) is 5.92 Å². The van der Waals surface area contributed by atoms with Crippen molar-refractivity contribution in [1.82, 2.24) is 5.32 Å². The largest absolute Gasteiger partial charge is 0.311 e. The lowest BCUT2D eigenvalue weighted by Gasteiger charge is -2.25. The van der Waals surface area contributed by atoms with E-state index in [4.69, 9.17) is 0 Å². The van der Waals surface area contributed by atoms with Gasteiger partial charge in [0.05, 0.1) is 0 Å². The normalized spacial score (nSPS) is 20.6. The number of carbonyl (C=O) groups excluding carboxylic acids is 1.